The maximum atomic E-state index is 12.4. The van der Waals surface area contributed by atoms with Crippen molar-refractivity contribution in [1.82, 2.24) is 14.9 Å². The Morgan fingerprint density at radius 3 is 2.73 bits per heavy atom. The predicted octanol–water partition coefficient (Wildman–Crippen LogP) is 3.19. The van der Waals surface area contributed by atoms with Crippen molar-refractivity contribution in [3.63, 3.8) is 0 Å². The molecule has 0 saturated carbocycles. The van der Waals surface area contributed by atoms with Crippen molar-refractivity contribution in [1.29, 1.82) is 0 Å². The van der Waals surface area contributed by atoms with Gasteiger partial charge in [-0.25, -0.2) is 4.68 Å². The molecular formula is C14H10F2N4O2. The molecule has 112 valence electrons. The van der Waals surface area contributed by atoms with Gasteiger partial charge in [-0.2, -0.15) is 13.9 Å². The molecule has 3 aromatic rings. The van der Waals surface area contributed by atoms with Gasteiger partial charge in [-0.05, 0) is 0 Å². The Morgan fingerprint density at radius 1 is 1.27 bits per heavy atom. The van der Waals surface area contributed by atoms with Crippen LogP contribution in [0.4, 0.5) is 14.5 Å². The van der Waals surface area contributed by atoms with Crippen molar-refractivity contribution >= 4 is 11.6 Å². The Kier molecular flexibility index (Phi) is 3.65. The maximum Gasteiger partial charge on any atom is 0.333 e. The second kappa shape index (κ2) is 5.76. The number of carbonyl (C=O) groups is 1. The number of alkyl halides is 2. The van der Waals surface area contributed by atoms with E-state index in [1.165, 1.54) is 6.07 Å². The third-order valence-corrected chi connectivity index (χ3v) is 2.86. The molecule has 0 fully saturated rings. The summed E-state index contributed by atoms with van der Waals surface area (Å²) < 4.78 is 30.3. The van der Waals surface area contributed by atoms with Crippen LogP contribution < -0.4 is 5.32 Å². The maximum absolute atomic E-state index is 12.4. The molecule has 1 amide bonds. The van der Waals surface area contributed by atoms with Crippen LogP contribution in [0.15, 0.2) is 53.3 Å². The number of aromatic nitrogens is 3. The van der Waals surface area contributed by atoms with E-state index in [1.807, 2.05) is 30.3 Å². The Hall–Kier alpha value is -3.03. The smallest absolute Gasteiger partial charge is 0.333 e. The summed E-state index contributed by atoms with van der Waals surface area (Å²) in [5.74, 6) is -0.131. The molecule has 2 heterocycles. The number of carbonyl (C=O) groups excluding carboxylic acids is 1. The average molecular weight is 304 g/mol. The quantitative estimate of drug-likeness (QED) is 0.803. The van der Waals surface area contributed by atoms with Crippen LogP contribution in [0.3, 0.4) is 0 Å². The number of nitrogens with zero attached hydrogens (tertiary/aromatic N) is 3. The van der Waals surface area contributed by atoms with Crippen LogP contribution in [-0.4, -0.2) is 20.8 Å². The van der Waals surface area contributed by atoms with Crippen molar-refractivity contribution in [3.05, 3.63) is 54.5 Å². The minimum absolute atomic E-state index is 0.0450. The molecule has 0 aliphatic rings. The highest BCUT2D eigenvalue weighted by Crippen LogP contribution is 2.20. The van der Waals surface area contributed by atoms with E-state index >= 15 is 0 Å². The molecule has 3 rings (SSSR count). The summed E-state index contributed by atoms with van der Waals surface area (Å²) in [6, 6.07) is 10.6. The van der Waals surface area contributed by atoms with Crippen LogP contribution in [0.25, 0.3) is 11.3 Å². The van der Waals surface area contributed by atoms with Gasteiger partial charge in [0.2, 0.25) is 0 Å². The average Bonchev–Trinajstić information content (AvgIpc) is 3.17. The van der Waals surface area contributed by atoms with Gasteiger partial charge in [-0.15, -0.1) is 0 Å². The largest absolute Gasteiger partial charge is 0.355 e. The van der Waals surface area contributed by atoms with E-state index in [2.05, 4.69) is 15.6 Å². The molecule has 6 nitrogen and oxygen atoms in total. The van der Waals surface area contributed by atoms with Crippen molar-refractivity contribution in [2.24, 2.45) is 0 Å². The lowest BCUT2D eigenvalue weighted by Crippen LogP contribution is -2.11. The summed E-state index contributed by atoms with van der Waals surface area (Å²) in [7, 11) is 0. The van der Waals surface area contributed by atoms with Crippen LogP contribution in [0.5, 0.6) is 0 Å². The van der Waals surface area contributed by atoms with E-state index in [0.717, 1.165) is 18.0 Å². The molecule has 0 radical (unpaired) electrons. The summed E-state index contributed by atoms with van der Waals surface area (Å²) in [5, 5.41) is 9.51. The highest BCUT2D eigenvalue weighted by atomic mass is 19.3. The van der Waals surface area contributed by atoms with Gasteiger partial charge in [0.1, 0.15) is 0 Å². The topological polar surface area (TPSA) is 73.0 Å². The molecule has 0 saturated heterocycles. The van der Waals surface area contributed by atoms with Gasteiger partial charge in [0.15, 0.2) is 11.5 Å². The fourth-order valence-corrected chi connectivity index (χ4v) is 1.83. The molecule has 22 heavy (non-hydrogen) atoms. The standard InChI is InChI=1S/C14H10F2N4O2/c15-14(16)20-8-10(7-17-20)18-13(21)11-6-12(22-19-11)9-4-2-1-3-5-9/h1-8,14H,(H,18,21). The zero-order chi connectivity index (χ0) is 15.5. The van der Waals surface area contributed by atoms with E-state index in [-0.39, 0.29) is 11.4 Å². The van der Waals surface area contributed by atoms with Gasteiger partial charge < -0.3 is 9.84 Å². The Morgan fingerprint density at radius 2 is 2.05 bits per heavy atom. The molecule has 2 aromatic heterocycles. The normalized spacial score (nSPS) is 10.9. The third-order valence-electron chi connectivity index (χ3n) is 2.86. The lowest BCUT2D eigenvalue weighted by molar-refractivity contribution is 0.0566. The van der Waals surface area contributed by atoms with Gasteiger partial charge in [-0.1, -0.05) is 35.5 Å². The first-order valence-corrected chi connectivity index (χ1v) is 6.29. The third kappa shape index (κ3) is 2.85. The molecule has 8 heteroatoms. The number of amides is 1. The van der Waals surface area contributed by atoms with Crippen molar-refractivity contribution in [2.75, 3.05) is 5.32 Å². The Balaban J connectivity index is 1.74. The zero-order valence-corrected chi connectivity index (χ0v) is 11.1. The first-order chi connectivity index (χ1) is 10.6. The second-order valence-corrected chi connectivity index (χ2v) is 4.38. The summed E-state index contributed by atoms with van der Waals surface area (Å²) in [6.45, 7) is -2.76. The van der Waals surface area contributed by atoms with E-state index in [0.29, 0.717) is 10.4 Å². The van der Waals surface area contributed by atoms with Gasteiger partial charge in [0.25, 0.3) is 5.91 Å². The molecule has 0 spiro atoms. The van der Waals surface area contributed by atoms with Crippen LogP contribution in [-0.2, 0) is 0 Å². The van der Waals surface area contributed by atoms with Crippen LogP contribution >= 0.6 is 0 Å². The van der Waals surface area contributed by atoms with E-state index in [9.17, 15) is 13.6 Å². The molecule has 0 aliphatic heterocycles. The van der Waals surface area contributed by atoms with Crippen LogP contribution in [0.2, 0.25) is 0 Å². The van der Waals surface area contributed by atoms with Gasteiger partial charge in [0.05, 0.1) is 18.1 Å². The molecular weight excluding hydrogens is 294 g/mol. The lowest BCUT2D eigenvalue weighted by atomic mass is 10.1. The Bertz CT molecular complexity index is 783. The van der Waals surface area contributed by atoms with Crippen molar-refractivity contribution < 1.29 is 18.1 Å². The van der Waals surface area contributed by atoms with Gasteiger partial charge in [-0.3, -0.25) is 4.79 Å². The number of anilines is 1. The van der Waals surface area contributed by atoms with E-state index in [1.54, 1.807) is 0 Å². The van der Waals surface area contributed by atoms with Gasteiger partial charge in [0, 0.05) is 11.6 Å². The summed E-state index contributed by atoms with van der Waals surface area (Å²) >= 11 is 0. The van der Waals surface area contributed by atoms with Crippen molar-refractivity contribution in [3.8, 4) is 11.3 Å². The fraction of sp³-hybridized carbons (Fsp3) is 0.0714. The fourth-order valence-electron chi connectivity index (χ4n) is 1.83. The van der Waals surface area contributed by atoms with Crippen molar-refractivity contribution in [2.45, 2.75) is 6.55 Å². The lowest BCUT2D eigenvalue weighted by Gasteiger charge is -1.98. The monoisotopic (exact) mass is 304 g/mol. The summed E-state index contributed by atoms with van der Waals surface area (Å²) in [5.41, 5.74) is 0.970. The number of rotatable bonds is 4. The zero-order valence-electron chi connectivity index (χ0n) is 11.1. The van der Waals surface area contributed by atoms with E-state index < -0.39 is 12.5 Å². The Labute approximate surface area is 123 Å². The number of halogens is 2. The number of benzene rings is 1. The second-order valence-electron chi connectivity index (χ2n) is 4.38. The highest BCUT2D eigenvalue weighted by Gasteiger charge is 2.15. The van der Waals surface area contributed by atoms with E-state index in [4.69, 9.17) is 4.52 Å². The number of nitrogens with one attached hydrogen (secondary N) is 1. The minimum atomic E-state index is -2.76. The summed E-state index contributed by atoms with van der Waals surface area (Å²) in [4.78, 5) is 12.0. The predicted molar refractivity (Wildman–Crippen MR) is 73.4 cm³/mol. The molecule has 1 aromatic carbocycles. The highest BCUT2D eigenvalue weighted by molar-refractivity contribution is 6.03. The molecule has 0 aliphatic carbocycles. The first kappa shape index (κ1) is 13.9. The summed E-state index contributed by atoms with van der Waals surface area (Å²) in [6.07, 6.45) is 2.16. The number of hydrogen-bond donors (Lipinski definition) is 1. The van der Waals surface area contributed by atoms with Crippen LogP contribution in [0, 0.1) is 0 Å². The molecule has 0 bridgehead atoms. The number of hydrogen-bond acceptors (Lipinski definition) is 4. The molecule has 0 atom stereocenters. The van der Waals surface area contributed by atoms with Gasteiger partial charge >= 0.3 is 6.55 Å². The minimum Gasteiger partial charge on any atom is -0.355 e. The van der Waals surface area contributed by atoms with Crippen LogP contribution in [0.1, 0.15) is 17.0 Å². The molecule has 1 N–H and O–H groups in total. The first-order valence-electron chi connectivity index (χ1n) is 6.29. The SMILES string of the molecule is O=C(Nc1cnn(C(F)F)c1)c1cc(-c2ccccc2)on1. The molecule has 0 unspecified atom stereocenters.